The topological polar surface area (TPSA) is 14.2 Å². The molecule has 0 amide bonds. The van der Waals surface area contributed by atoms with Gasteiger partial charge in [0, 0.05) is 18.8 Å². The molecule has 2 heteroatoms. The van der Waals surface area contributed by atoms with Gasteiger partial charge in [-0.15, -0.1) is 0 Å². The highest BCUT2D eigenvalue weighted by molar-refractivity contribution is 5.80. The van der Waals surface area contributed by atoms with Crippen molar-refractivity contribution < 1.29 is 4.74 Å². The average Bonchev–Trinajstić information content (AvgIpc) is 2.49. The highest BCUT2D eigenvalue weighted by atomic mass is 16.5. The predicted octanol–water partition coefficient (Wildman–Crippen LogP) is 2.55. The summed E-state index contributed by atoms with van der Waals surface area (Å²) in [5, 5.41) is 1.28. The molecule has 1 heterocycles. The molecule has 2 aromatic rings. The summed E-state index contributed by atoms with van der Waals surface area (Å²) < 4.78 is 7.18. The van der Waals surface area contributed by atoms with Gasteiger partial charge >= 0.3 is 0 Å². The van der Waals surface area contributed by atoms with E-state index in [0.29, 0.717) is 6.73 Å². The van der Waals surface area contributed by atoms with E-state index in [0.717, 1.165) is 0 Å². The van der Waals surface area contributed by atoms with Gasteiger partial charge in [-0.25, -0.2) is 0 Å². The Morgan fingerprint density at radius 1 is 1.31 bits per heavy atom. The Labute approximate surface area is 77.7 Å². The van der Waals surface area contributed by atoms with Crippen molar-refractivity contribution in [3.8, 4) is 0 Å². The molecule has 0 saturated carbocycles. The van der Waals surface area contributed by atoms with Crippen LogP contribution in [0.1, 0.15) is 5.56 Å². The summed E-state index contributed by atoms with van der Waals surface area (Å²) in [6, 6.07) is 8.54. The SMILES string of the molecule is COCn1ccc2cc(C)ccc21. The minimum Gasteiger partial charge on any atom is -0.364 e. The molecule has 1 aromatic carbocycles. The molecule has 0 atom stereocenters. The first-order valence-electron chi connectivity index (χ1n) is 4.35. The van der Waals surface area contributed by atoms with Crippen LogP contribution < -0.4 is 0 Å². The molecular weight excluding hydrogens is 162 g/mol. The zero-order valence-corrected chi connectivity index (χ0v) is 7.95. The van der Waals surface area contributed by atoms with Gasteiger partial charge in [-0.1, -0.05) is 11.6 Å². The summed E-state index contributed by atoms with van der Waals surface area (Å²) in [6.45, 7) is 2.72. The predicted molar refractivity (Wildman–Crippen MR) is 53.7 cm³/mol. The maximum atomic E-state index is 5.09. The Bertz CT molecular complexity index is 417. The molecule has 0 saturated heterocycles. The van der Waals surface area contributed by atoms with Gasteiger partial charge in [0.25, 0.3) is 0 Å². The van der Waals surface area contributed by atoms with Gasteiger partial charge in [-0.05, 0) is 30.5 Å². The second kappa shape index (κ2) is 3.23. The van der Waals surface area contributed by atoms with Crippen molar-refractivity contribution in [2.24, 2.45) is 0 Å². The lowest BCUT2D eigenvalue weighted by atomic mass is 10.2. The van der Waals surface area contributed by atoms with Crippen LogP contribution in [-0.4, -0.2) is 11.7 Å². The van der Waals surface area contributed by atoms with Crippen LogP contribution in [0.25, 0.3) is 10.9 Å². The summed E-state index contributed by atoms with van der Waals surface area (Å²) in [6.07, 6.45) is 2.05. The fraction of sp³-hybridized carbons (Fsp3) is 0.273. The van der Waals surface area contributed by atoms with Crippen LogP contribution in [0.5, 0.6) is 0 Å². The monoisotopic (exact) mass is 175 g/mol. The van der Waals surface area contributed by atoms with Gasteiger partial charge in [0.1, 0.15) is 6.73 Å². The van der Waals surface area contributed by atoms with E-state index in [1.54, 1.807) is 7.11 Å². The lowest BCUT2D eigenvalue weighted by Crippen LogP contribution is -1.96. The van der Waals surface area contributed by atoms with Gasteiger partial charge in [0.2, 0.25) is 0 Å². The van der Waals surface area contributed by atoms with Gasteiger partial charge in [0.05, 0.1) is 0 Å². The lowest BCUT2D eigenvalue weighted by Gasteiger charge is -2.02. The molecule has 2 nitrogen and oxygen atoms in total. The van der Waals surface area contributed by atoms with E-state index >= 15 is 0 Å². The Morgan fingerprint density at radius 2 is 2.15 bits per heavy atom. The molecule has 0 fully saturated rings. The molecule has 68 valence electrons. The smallest absolute Gasteiger partial charge is 0.122 e. The molecule has 0 aliphatic carbocycles. The first-order chi connectivity index (χ1) is 6.31. The van der Waals surface area contributed by atoms with Crippen LogP contribution in [0.15, 0.2) is 30.5 Å². The molecule has 1 aromatic heterocycles. The molecule has 0 radical (unpaired) electrons. The second-order valence-corrected chi connectivity index (χ2v) is 3.27. The number of aromatic nitrogens is 1. The van der Waals surface area contributed by atoms with Crippen LogP contribution in [0.2, 0.25) is 0 Å². The van der Waals surface area contributed by atoms with Gasteiger partial charge in [-0.3, -0.25) is 0 Å². The molecule has 13 heavy (non-hydrogen) atoms. The molecule has 0 aliphatic rings. The molecule has 0 bridgehead atoms. The molecule has 0 spiro atoms. The number of fused-ring (bicyclic) bond motifs is 1. The van der Waals surface area contributed by atoms with Gasteiger partial charge in [-0.2, -0.15) is 0 Å². The average molecular weight is 175 g/mol. The van der Waals surface area contributed by atoms with Crippen molar-refractivity contribution in [1.82, 2.24) is 4.57 Å². The maximum Gasteiger partial charge on any atom is 0.122 e. The van der Waals surface area contributed by atoms with E-state index in [9.17, 15) is 0 Å². The van der Waals surface area contributed by atoms with Crippen molar-refractivity contribution in [2.75, 3.05) is 7.11 Å². The van der Waals surface area contributed by atoms with Crippen LogP contribution >= 0.6 is 0 Å². The van der Waals surface area contributed by atoms with Crippen LogP contribution in [0.4, 0.5) is 0 Å². The molecule has 0 unspecified atom stereocenters. The minimum absolute atomic E-state index is 0.618. The summed E-state index contributed by atoms with van der Waals surface area (Å²) in [7, 11) is 1.71. The normalized spacial score (nSPS) is 10.9. The van der Waals surface area contributed by atoms with Crippen LogP contribution in [-0.2, 0) is 11.5 Å². The van der Waals surface area contributed by atoms with E-state index in [4.69, 9.17) is 4.74 Å². The quantitative estimate of drug-likeness (QED) is 0.684. The summed E-state index contributed by atoms with van der Waals surface area (Å²) >= 11 is 0. The Kier molecular flexibility index (Phi) is 2.07. The zero-order valence-electron chi connectivity index (χ0n) is 7.95. The van der Waals surface area contributed by atoms with Crippen LogP contribution in [0.3, 0.4) is 0 Å². The van der Waals surface area contributed by atoms with E-state index in [2.05, 4.69) is 35.8 Å². The standard InChI is InChI=1S/C11H13NO/c1-9-3-4-11-10(7-9)5-6-12(11)8-13-2/h3-7H,8H2,1-2H3. The number of ether oxygens (including phenoxy) is 1. The third kappa shape index (κ3) is 1.45. The first-order valence-corrected chi connectivity index (χ1v) is 4.35. The van der Waals surface area contributed by atoms with Gasteiger partial charge in [0.15, 0.2) is 0 Å². The van der Waals surface area contributed by atoms with Crippen molar-refractivity contribution in [2.45, 2.75) is 13.7 Å². The third-order valence-corrected chi connectivity index (χ3v) is 2.19. The number of aryl methyl sites for hydroxylation is 1. The molecule has 0 aliphatic heterocycles. The first kappa shape index (κ1) is 8.32. The Balaban J connectivity index is 2.55. The zero-order chi connectivity index (χ0) is 9.26. The molecular formula is C11H13NO. The Hall–Kier alpha value is -1.28. The molecule has 2 rings (SSSR count). The van der Waals surface area contributed by atoms with E-state index < -0.39 is 0 Å². The summed E-state index contributed by atoms with van der Waals surface area (Å²) in [5.41, 5.74) is 2.52. The largest absolute Gasteiger partial charge is 0.364 e. The van der Waals surface area contributed by atoms with Crippen molar-refractivity contribution in [3.63, 3.8) is 0 Å². The highest BCUT2D eigenvalue weighted by Gasteiger charge is 1.99. The molecule has 0 N–H and O–H groups in total. The van der Waals surface area contributed by atoms with Crippen LogP contribution in [0, 0.1) is 6.92 Å². The minimum atomic E-state index is 0.618. The number of hydrogen-bond donors (Lipinski definition) is 0. The number of methoxy groups -OCH3 is 1. The fourth-order valence-electron chi connectivity index (χ4n) is 1.57. The fourth-order valence-corrected chi connectivity index (χ4v) is 1.57. The number of nitrogens with zero attached hydrogens (tertiary/aromatic N) is 1. The maximum absolute atomic E-state index is 5.09. The van der Waals surface area contributed by atoms with E-state index in [-0.39, 0.29) is 0 Å². The van der Waals surface area contributed by atoms with Crippen molar-refractivity contribution in [3.05, 3.63) is 36.0 Å². The highest BCUT2D eigenvalue weighted by Crippen LogP contribution is 2.16. The lowest BCUT2D eigenvalue weighted by molar-refractivity contribution is 0.135. The van der Waals surface area contributed by atoms with Crippen molar-refractivity contribution >= 4 is 10.9 Å². The number of benzene rings is 1. The number of hydrogen-bond acceptors (Lipinski definition) is 1. The number of rotatable bonds is 2. The Morgan fingerprint density at radius 3 is 2.92 bits per heavy atom. The van der Waals surface area contributed by atoms with Crippen molar-refractivity contribution in [1.29, 1.82) is 0 Å². The van der Waals surface area contributed by atoms with E-state index in [1.807, 2.05) is 6.20 Å². The summed E-state index contributed by atoms with van der Waals surface area (Å²) in [5.74, 6) is 0. The summed E-state index contributed by atoms with van der Waals surface area (Å²) in [4.78, 5) is 0. The van der Waals surface area contributed by atoms with E-state index in [1.165, 1.54) is 16.5 Å². The van der Waals surface area contributed by atoms with Gasteiger partial charge < -0.3 is 9.30 Å². The second-order valence-electron chi connectivity index (χ2n) is 3.27. The third-order valence-electron chi connectivity index (χ3n) is 2.19.